The maximum absolute atomic E-state index is 13.5. The van der Waals surface area contributed by atoms with Crippen LogP contribution in [0.25, 0.3) is 0 Å². The first-order chi connectivity index (χ1) is 10.2. The van der Waals surface area contributed by atoms with Gasteiger partial charge in [0.1, 0.15) is 18.2 Å². The molecule has 21 heavy (non-hydrogen) atoms. The van der Waals surface area contributed by atoms with Crippen LogP contribution in [-0.2, 0) is 0 Å². The largest absolute Gasteiger partial charge is 0.486 e. The monoisotopic (exact) mass is 291 g/mol. The van der Waals surface area contributed by atoms with Crippen LogP contribution >= 0.6 is 0 Å². The van der Waals surface area contributed by atoms with Crippen molar-refractivity contribution < 1.29 is 13.9 Å². The zero-order valence-electron chi connectivity index (χ0n) is 12.0. The van der Waals surface area contributed by atoms with E-state index >= 15 is 0 Å². The molecule has 0 bridgehead atoms. The summed E-state index contributed by atoms with van der Waals surface area (Å²) in [5.74, 6) is 1.02. The van der Waals surface area contributed by atoms with Crippen LogP contribution in [0.5, 0.6) is 11.6 Å². The number of para-hydroxylation sites is 1. The normalized spacial score (nSPS) is 11.8. The third-order valence-electron chi connectivity index (χ3n) is 2.67. The third kappa shape index (κ3) is 4.59. The maximum Gasteiger partial charge on any atom is 0.218 e. The first-order valence-electron chi connectivity index (χ1n) is 6.79. The highest BCUT2D eigenvalue weighted by Crippen LogP contribution is 2.17. The fourth-order valence-corrected chi connectivity index (χ4v) is 1.71. The van der Waals surface area contributed by atoms with Crippen LogP contribution in [0.2, 0.25) is 0 Å². The van der Waals surface area contributed by atoms with Gasteiger partial charge in [0.2, 0.25) is 5.88 Å². The predicted octanol–water partition coefficient (Wildman–Crippen LogP) is 2.89. The highest BCUT2D eigenvalue weighted by molar-refractivity contribution is 5.37. The van der Waals surface area contributed by atoms with Crippen molar-refractivity contribution in [2.45, 2.75) is 20.0 Å². The molecule has 0 radical (unpaired) electrons. The molecule has 1 heterocycles. The minimum atomic E-state index is -0.370. The molecule has 2 aromatic rings. The third-order valence-corrected chi connectivity index (χ3v) is 2.67. The molecular formula is C15H18FN3O2. The van der Waals surface area contributed by atoms with Gasteiger partial charge in [0.05, 0.1) is 13.2 Å². The second kappa shape index (κ2) is 7.42. The Morgan fingerprint density at radius 1 is 1.29 bits per heavy atom. The molecule has 1 atom stereocenters. The van der Waals surface area contributed by atoms with Crippen LogP contribution in [0.4, 0.5) is 10.2 Å². The van der Waals surface area contributed by atoms with E-state index in [1.807, 2.05) is 13.8 Å². The summed E-state index contributed by atoms with van der Waals surface area (Å²) in [6, 6.07) is 8.04. The van der Waals surface area contributed by atoms with Gasteiger partial charge in [0.15, 0.2) is 11.6 Å². The number of hydrogen-bond donors (Lipinski definition) is 1. The maximum atomic E-state index is 13.5. The fraction of sp³-hybridized carbons (Fsp3) is 0.333. The molecule has 6 heteroatoms. The Morgan fingerprint density at radius 2 is 2.10 bits per heavy atom. The van der Waals surface area contributed by atoms with Gasteiger partial charge < -0.3 is 14.8 Å². The summed E-state index contributed by atoms with van der Waals surface area (Å²) in [5, 5.41) is 3.10. The molecule has 0 fully saturated rings. The summed E-state index contributed by atoms with van der Waals surface area (Å²) in [6.45, 7) is 4.77. The number of nitrogens with one attached hydrogen (secondary N) is 1. The summed E-state index contributed by atoms with van der Waals surface area (Å²) < 4.78 is 24.3. The minimum Gasteiger partial charge on any atom is -0.486 e. The summed E-state index contributed by atoms with van der Waals surface area (Å²) in [7, 11) is 0. The van der Waals surface area contributed by atoms with Crippen molar-refractivity contribution in [2.75, 3.05) is 18.5 Å². The second-order valence-corrected chi connectivity index (χ2v) is 4.41. The molecule has 1 N–H and O–H groups in total. The van der Waals surface area contributed by atoms with Crippen LogP contribution < -0.4 is 14.8 Å². The zero-order valence-corrected chi connectivity index (χ0v) is 12.0. The van der Waals surface area contributed by atoms with E-state index in [1.54, 1.807) is 24.3 Å². The van der Waals surface area contributed by atoms with Gasteiger partial charge in [-0.1, -0.05) is 12.1 Å². The Balaban J connectivity index is 1.88. The van der Waals surface area contributed by atoms with E-state index in [0.29, 0.717) is 24.8 Å². The predicted molar refractivity (Wildman–Crippen MR) is 78.2 cm³/mol. The van der Waals surface area contributed by atoms with Crippen LogP contribution in [0.3, 0.4) is 0 Å². The lowest BCUT2D eigenvalue weighted by Crippen LogP contribution is -2.23. The zero-order chi connectivity index (χ0) is 15.1. The van der Waals surface area contributed by atoms with E-state index in [2.05, 4.69) is 15.3 Å². The van der Waals surface area contributed by atoms with Crippen LogP contribution in [0.1, 0.15) is 13.8 Å². The van der Waals surface area contributed by atoms with E-state index in [0.717, 1.165) is 0 Å². The van der Waals surface area contributed by atoms with Crippen molar-refractivity contribution in [3.05, 3.63) is 42.5 Å². The van der Waals surface area contributed by atoms with Crippen molar-refractivity contribution >= 4 is 5.82 Å². The molecule has 0 saturated carbocycles. The van der Waals surface area contributed by atoms with Crippen molar-refractivity contribution in [1.82, 2.24) is 9.97 Å². The molecule has 0 spiro atoms. The Kier molecular flexibility index (Phi) is 5.31. The van der Waals surface area contributed by atoms with E-state index in [1.165, 1.54) is 12.4 Å². The lowest BCUT2D eigenvalue weighted by atomic mass is 10.3. The number of aromatic nitrogens is 2. The SMILES string of the molecule is CCOc1cc(NCC(C)Oc2ccccc2F)ncn1. The van der Waals surface area contributed by atoms with Crippen LogP contribution in [-0.4, -0.2) is 29.2 Å². The first kappa shape index (κ1) is 15.0. The Morgan fingerprint density at radius 3 is 2.86 bits per heavy atom. The molecule has 0 aliphatic heterocycles. The van der Waals surface area contributed by atoms with Gasteiger partial charge in [-0.25, -0.2) is 14.4 Å². The summed E-state index contributed by atoms with van der Waals surface area (Å²) in [5.41, 5.74) is 0. The van der Waals surface area contributed by atoms with Gasteiger partial charge >= 0.3 is 0 Å². The quantitative estimate of drug-likeness (QED) is 0.850. The highest BCUT2D eigenvalue weighted by Gasteiger charge is 2.08. The number of hydrogen-bond acceptors (Lipinski definition) is 5. The highest BCUT2D eigenvalue weighted by atomic mass is 19.1. The standard InChI is InChI=1S/C15H18FN3O2/c1-3-20-15-8-14(18-10-19-15)17-9-11(2)21-13-7-5-4-6-12(13)16/h4-8,10-11H,3,9H2,1-2H3,(H,17,18,19). The molecule has 112 valence electrons. The molecule has 1 aromatic heterocycles. The molecule has 0 saturated heterocycles. The summed E-state index contributed by atoms with van der Waals surface area (Å²) in [4.78, 5) is 8.07. The molecule has 1 aromatic carbocycles. The average molecular weight is 291 g/mol. The minimum absolute atomic E-state index is 0.215. The van der Waals surface area contributed by atoms with Gasteiger partial charge in [0.25, 0.3) is 0 Å². The number of halogens is 1. The second-order valence-electron chi connectivity index (χ2n) is 4.41. The Hall–Kier alpha value is -2.37. The number of anilines is 1. The van der Waals surface area contributed by atoms with E-state index in [-0.39, 0.29) is 17.7 Å². The molecular weight excluding hydrogens is 273 g/mol. The van der Waals surface area contributed by atoms with Gasteiger partial charge in [-0.3, -0.25) is 0 Å². The van der Waals surface area contributed by atoms with Crippen LogP contribution in [0.15, 0.2) is 36.7 Å². The first-order valence-corrected chi connectivity index (χ1v) is 6.79. The van der Waals surface area contributed by atoms with Crippen molar-refractivity contribution in [3.8, 4) is 11.6 Å². The fourth-order valence-electron chi connectivity index (χ4n) is 1.71. The molecule has 2 rings (SSSR count). The number of rotatable bonds is 7. The Labute approximate surface area is 123 Å². The molecule has 0 aliphatic rings. The molecule has 0 amide bonds. The van der Waals surface area contributed by atoms with E-state index < -0.39 is 0 Å². The van der Waals surface area contributed by atoms with E-state index in [4.69, 9.17) is 9.47 Å². The lowest BCUT2D eigenvalue weighted by molar-refractivity contribution is 0.224. The number of ether oxygens (including phenoxy) is 2. The number of nitrogens with zero attached hydrogens (tertiary/aromatic N) is 2. The Bertz CT molecular complexity index is 580. The summed E-state index contributed by atoms with van der Waals surface area (Å²) >= 11 is 0. The number of benzene rings is 1. The van der Waals surface area contributed by atoms with Gasteiger partial charge in [-0.05, 0) is 26.0 Å². The lowest BCUT2D eigenvalue weighted by Gasteiger charge is -2.16. The average Bonchev–Trinajstić information content (AvgIpc) is 2.48. The molecule has 1 unspecified atom stereocenters. The molecule has 0 aliphatic carbocycles. The molecule has 5 nitrogen and oxygen atoms in total. The van der Waals surface area contributed by atoms with Gasteiger partial charge in [0, 0.05) is 6.07 Å². The smallest absolute Gasteiger partial charge is 0.218 e. The van der Waals surface area contributed by atoms with Gasteiger partial charge in [-0.2, -0.15) is 0 Å². The summed E-state index contributed by atoms with van der Waals surface area (Å²) in [6.07, 6.45) is 1.21. The van der Waals surface area contributed by atoms with E-state index in [9.17, 15) is 4.39 Å². The van der Waals surface area contributed by atoms with Crippen molar-refractivity contribution in [2.24, 2.45) is 0 Å². The topological polar surface area (TPSA) is 56.3 Å². The van der Waals surface area contributed by atoms with Crippen LogP contribution in [0, 0.1) is 5.82 Å². The van der Waals surface area contributed by atoms with Crippen molar-refractivity contribution in [1.29, 1.82) is 0 Å². The van der Waals surface area contributed by atoms with Gasteiger partial charge in [-0.15, -0.1) is 0 Å². The van der Waals surface area contributed by atoms with Crippen molar-refractivity contribution in [3.63, 3.8) is 0 Å².